The Balaban J connectivity index is 2.78. The van der Waals surface area contributed by atoms with E-state index in [4.69, 9.17) is 9.84 Å². The second-order valence-corrected chi connectivity index (χ2v) is 4.22. The largest absolute Gasteiger partial charge is 0.481 e. The number of benzene rings is 1. The van der Waals surface area contributed by atoms with Crippen LogP contribution < -0.4 is 0 Å². The van der Waals surface area contributed by atoms with Gasteiger partial charge in [0.25, 0.3) is 0 Å². The summed E-state index contributed by atoms with van der Waals surface area (Å²) in [6.45, 7) is 0.425. The number of carbonyl (C=O) groups is 1. The van der Waals surface area contributed by atoms with Crippen LogP contribution in [-0.2, 0) is 9.53 Å². The predicted octanol–water partition coefficient (Wildman–Crippen LogP) is 2.65. The van der Waals surface area contributed by atoms with E-state index in [1.807, 2.05) is 24.3 Å². The number of halogens is 1. The molecule has 0 spiro atoms. The van der Waals surface area contributed by atoms with E-state index in [0.717, 1.165) is 10.0 Å². The van der Waals surface area contributed by atoms with E-state index >= 15 is 0 Å². The molecule has 1 aromatic rings. The van der Waals surface area contributed by atoms with Gasteiger partial charge in [-0.15, -0.1) is 0 Å². The third kappa shape index (κ3) is 4.01. The maximum Gasteiger partial charge on any atom is 0.304 e. The molecule has 0 fully saturated rings. The highest BCUT2D eigenvalue weighted by molar-refractivity contribution is 9.10. The minimum Gasteiger partial charge on any atom is -0.481 e. The monoisotopic (exact) mass is 272 g/mol. The Morgan fingerprint density at radius 2 is 2.07 bits per heavy atom. The van der Waals surface area contributed by atoms with Crippen molar-refractivity contribution < 1.29 is 14.6 Å². The zero-order valence-corrected chi connectivity index (χ0v) is 10.0. The molecule has 0 heterocycles. The Morgan fingerprint density at radius 3 is 2.53 bits per heavy atom. The van der Waals surface area contributed by atoms with Crippen molar-refractivity contribution in [1.82, 2.24) is 0 Å². The van der Waals surface area contributed by atoms with Gasteiger partial charge in [-0.25, -0.2) is 0 Å². The molecule has 0 aliphatic rings. The van der Waals surface area contributed by atoms with Crippen LogP contribution in [0.2, 0.25) is 0 Å². The predicted molar refractivity (Wildman–Crippen MR) is 61.0 cm³/mol. The molecule has 0 radical (unpaired) electrons. The fourth-order valence-corrected chi connectivity index (χ4v) is 1.68. The SMILES string of the molecule is COCC(CC(=O)O)c1ccc(Br)cc1. The van der Waals surface area contributed by atoms with Crippen LogP contribution in [-0.4, -0.2) is 24.8 Å². The molecule has 1 unspecified atom stereocenters. The van der Waals surface area contributed by atoms with Gasteiger partial charge < -0.3 is 9.84 Å². The second kappa shape index (κ2) is 5.88. The van der Waals surface area contributed by atoms with Crippen molar-refractivity contribution in [1.29, 1.82) is 0 Å². The molecular formula is C11H13BrO3. The number of aliphatic carboxylic acids is 1. The number of ether oxygens (including phenoxy) is 1. The maximum absolute atomic E-state index is 10.7. The lowest BCUT2D eigenvalue weighted by Gasteiger charge is -2.14. The van der Waals surface area contributed by atoms with Crippen LogP contribution in [0.15, 0.2) is 28.7 Å². The van der Waals surface area contributed by atoms with Crippen molar-refractivity contribution in [2.45, 2.75) is 12.3 Å². The summed E-state index contributed by atoms with van der Waals surface area (Å²) in [7, 11) is 1.58. The van der Waals surface area contributed by atoms with Gasteiger partial charge >= 0.3 is 5.97 Å². The molecule has 1 atom stereocenters. The zero-order valence-electron chi connectivity index (χ0n) is 8.44. The summed E-state index contributed by atoms with van der Waals surface area (Å²) in [4.78, 5) is 10.7. The first kappa shape index (κ1) is 12.2. The molecule has 1 aromatic carbocycles. The van der Waals surface area contributed by atoms with Crippen LogP contribution in [0.5, 0.6) is 0 Å². The molecule has 3 nitrogen and oxygen atoms in total. The lowest BCUT2D eigenvalue weighted by atomic mass is 9.97. The summed E-state index contributed by atoms with van der Waals surface area (Å²) < 4.78 is 6.00. The van der Waals surface area contributed by atoms with Gasteiger partial charge in [0.15, 0.2) is 0 Å². The molecule has 1 N–H and O–H groups in total. The highest BCUT2D eigenvalue weighted by Crippen LogP contribution is 2.22. The molecule has 0 saturated carbocycles. The average Bonchev–Trinajstić information content (AvgIpc) is 2.17. The molecule has 0 bridgehead atoms. The Morgan fingerprint density at radius 1 is 1.47 bits per heavy atom. The fourth-order valence-electron chi connectivity index (χ4n) is 1.42. The van der Waals surface area contributed by atoms with Crippen LogP contribution in [0.25, 0.3) is 0 Å². The number of carboxylic acids is 1. The van der Waals surface area contributed by atoms with E-state index in [-0.39, 0.29) is 12.3 Å². The topological polar surface area (TPSA) is 46.5 Å². The molecular weight excluding hydrogens is 260 g/mol. The highest BCUT2D eigenvalue weighted by Gasteiger charge is 2.15. The summed E-state index contributed by atoms with van der Waals surface area (Å²) in [6, 6.07) is 7.63. The molecule has 0 aliphatic heterocycles. The van der Waals surface area contributed by atoms with Crippen molar-refractivity contribution in [3.8, 4) is 0 Å². The number of methoxy groups -OCH3 is 1. The summed E-state index contributed by atoms with van der Waals surface area (Å²) in [6.07, 6.45) is 0.0927. The van der Waals surface area contributed by atoms with Gasteiger partial charge in [-0.05, 0) is 17.7 Å². The number of hydrogen-bond donors (Lipinski definition) is 1. The molecule has 0 amide bonds. The van der Waals surface area contributed by atoms with E-state index < -0.39 is 5.97 Å². The van der Waals surface area contributed by atoms with Gasteiger partial charge in [-0.3, -0.25) is 4.79 Å². The van der Waals surface area contributed by atoms with Crippen LogP contribution >= 0.6 is 15.9 Å². The van der Waals surface area contributed by atoms with E-state index in [0.29, 0.717) is 6.61 Å². The fraction of sp³-hybridized carbons (Fsp3) is 0.364. The first-order valence-corrected chi connectivity index (χ1v) is 5.39. The molecule has 0 aliphatic carbocycles. The van der Waals surface area contributed by atoms with Crippen LogP contribution in [0.4, 0.5) is 0 Å². The van der Waals surface area contributed by atoms with Crippen molar-refractivity contribution in [3.63, 3.8) is 0 Å². The maximum atomic E-state index is 10.7. The van der Waals surface area contributed by atoms with Gasteiger partial charge in [0.2, 0.25) is 0 Å². The minimum absolute atomic E-state index is 0.0828. The molecule has 0 aromatic heterocycles. The van der Waals surface area contributed by atoms with E-state index in [2.05, 4.69) is 15.9 Å². The quantitative estimate of drug-likeness (QED) is 0.897. The molecule has 82 valence electrons. The first-order chi connectivity index (χ1) is 7.13. The third-order valence-electron chi connectivity index (χ3n) is 2.13. The van der Waals surface area contributed by atoms with E-state index in [9.17, 15) is 4.79 Å². The van der Waals surface area contributed by atoms with E-state index in [1.165, 1.54) is 0 Å². The summed E-state index contributed by atoms with van der Waals surface area (Å²) in [5.74, 6) is -0.888. The van der Waals surface area contributed by atoms with Crippen molar-refractivity contribution in [2.24, 2.45) is 0 Å². The summed E-state index contributed by atoms with van der Waals surface area (Å²) in [5, 5.41) is 8.76. The van der Waals surface area contributed by atoms with Gasteiger partial charge in [0.1, 0.15) is 0 Å². The summed E-state index contributed by atoms with van der Waals surface area (Å²) >= 11 is 3.34. The molecule has 1 rings (SSSR count). The Hall–Kier alpha value is -0.870. The zero-order chi connectivity index (χ0) is 11.3. The highest BCUT2D eigenvalue weighted by atomic mass is 79.9. The average molecular weight is 273 g/mol. The smallest absolute Gasteiger partial charge is 0.304 e. The standard InChI is InChI=1S/C11H13BrO3/c1-15-7-9(6-11(13)14)8-2-4-10(12)5-3-8/h2-5,9H,6-7H2,1H3,(H,13,14). The lowest BCUT2D eigenvalue weighted by molar-refractivity contribution is -0.137. The van der Waals surface area contributed by atoms with Crippen LogP contribution in [0.1, 0.15) is 17.9 Å². The van der Waals surface area contributed by atoms with Crippen molar-refractivity contribution in [2.75, 3.05) is 13.7 Å². The molecule has 15 heavy (non-hydrogen) atoms. The normalized spacial score (nSPS) is 12.4. The number of rotatable bonds is 5. The molecule has 4 heteroatoms. The van der Waals surface area contributed by atoms with Gasteiger partial charge in [0, 0.05) is 17.5 Å². The molecule has 0 saturated heterocycles. The van der Waals surface area contributed by atoms with Gasteiger partial charge in [-0.2, -0.15) is 0 Å². The van der Waals surface area contributed by atoms with E-state index in [1.54, 1.807) is 7.11 Å². The second-order valence-electron chi connectivity index (χ2n) is 3.30. The number of hydrogen-bond acceptors (Lipinski definition) is 2. The van der Waals surface area contributed by atoms with Crippen molar-refractivity contribution >= 4 is 21.9 Å². The van der Waals surface area contributed by atoms with Crippen LogP contribution in [0, 0.1) is 0 Å². The first-order valence-electron chi connectivity index (χ1n) is 4.59. The summed E-state index contributed by atoms with van der Waals surface area (Å²) in [5.41, 5.74) is 0.988. The number of carboxylic acid groups (broad SMARTS) is 1. The van der Waals surface area contributed by atoms with Gasteiger partial charge in [0.05, 0.1) is 13.0 Å². The Bertz CT molecular complexity index is 321. The minimum atomic E-state index is -0.806. The van der Waals surface area contributed by atoms with Crippen molar-refractivity contribution in [3.05, 3.63) is 34.3 Å². The Labute approximate surface area is 97.2 Å². The van der Waals surface area contributed by atoms with Crippen LogP contribution in [0.3, 0.4) is 0 Å². The third-order valence-corrected chi connectivity index (χ3v) is 2.66. The van der Waals surface area contributed by atoms with Gasteiger partial charge in [-0.1, -0.05) is 28.1 Å². The lowest BCUT2D eigenvalue weighted by Crippen LogP contribution is -2.11. The Kier molecular flexibility index (Phi) is 4.78.